The molecule has 1 aromatic heterocycles. The molecule has 1 aromatic carbocycles. The zero-order chi connectivity index (χ0) is 17.3. The van der Waals surface area contributed by atoms with Crippen molar-refractivity contribution in [3.63, 3.8) is 0 Å². The van der Waals surface area contributed by atoms with Crippen molar-refractivity contribution in [3.05, 3.63) is 54.1 Å². The largest absolute Gasteiger partial charge is 0.367 e. The zero-order valence-corrected chi connectivity index (χ0v) is 14.1. The topological polar surface area (TPSA) is 49.3 Å². The van der Waals surface area contributed by atoms with Gasteiger partial charge in [0.15, 0.2) is 0 Å². The number of piperazine rings is 1. The van der Waals surface area contributed by atoms with Gasteiger partial charge in [-0.25, -0.2) is 4.39 Å². The van der Waals surface area contributed by atoms with E-state index >= 15 is 0 Å². The molecule has 1 amide bonds. The molecule has 0 radical (unpaired) electrons. The Labute approximate surface area is 146 Å². The van der Waals surface area contributed by atoms with Crippen LogP contribution in [0, 0.1) is 5.82 Å². The average Bonchev–Trinajstić information content (AvgIpc) is 2.63. The standard InChI is InChI=1S/C19H21FN4O/c20-16-4-2-15(3-5-16)19(7-1-8-19)18(25)24-12-10-23(11-13-24)17-6-9-21-22-14-17/h2-6,9,14H,1,7-8,10-13H2. The van der Waals surface area contributed by atoms with Crippen LogP contribution in [-0.2, 0) is 10.2 Å². The highest BCUT2D eigenvalue weighted by Gasteiger charge is 2.47. The van der Waals surface area contributed by atoms with Crippen molar-refractivity contribution < 1.29 is 9.18 Å². The lowest BCUT2D eigenvalue weighted by Crippen LogP contribution is -2.56. The van der Waals surface area contributed by atoms with E-state index in [9.17, 15) is 9.18 Å². The van der Waals surface area contributed by atoms with Crippen LogP contribution in [0.3, 0.4) is 0 Å². The molecule has 0 N–H and O–H groups in total. The number of amides is 1. The Bertz CT molecular complexity index is 738. The monoisotopic (exact) mass is 340 g/mol. The molecule has 2 aromatic rings. The van der Waals surface area contributed by atoms with Crippen LogP contribution in [0.2, 0.25) is 0 Å². The fraction of sp³-hybridized carbons (Fsp3) is 0.421. The predicted molar refractivity (Wildman–Crippen MR) is 92.8 cm³/mol. The molecule has 1 aliphatic carbocycles. The van der Waals surface area contributed by atoms with Crippen LogP contribution in [0.5, 0.6) is 0 Å². The first-order chi connectivity index (χ1) is 12.2. The fourth-order valence-corrected chi connectivity index (χ4v) is 3.87. The summed E-state index contributed by atoms with van der Waals surface area (Å²) in [7, 11) is 0. The summed E-state index contributed by atoms with van der Waals surface area (Å²) in [5.41, 5.74) is 1.54. The van der Waals surface area contributed by atoms with Crippen molar-refractivity contribution in [1.82, 2.24) is 15.1 Å². The molecule has 4 rings (SSSR count). The van der Waals surface area contributed by atoms with Gasteiger partial charge in [-0.05, 0) is 36.6 Å². The first-order valence-corrected chi connectivity index (χ1v) is 8.76. The number of rotatable bonds is 3. The van der Waals surface area contributed by atoms with Gasteiger partial charge in [0, 0.05) is 26.2 Å². The molecule has 2 heterocycles. The summed E-state index contributed by atoms with van der Waals surface area (Å²) in [6.45, 7) is 2.97. The van der Waals surface area contributed by atoms with Crippen molar-refractivity contribution in [2.24, 2.45) is 0 Å². The van der Waals surface area contributed by atoms with Crippen molar-refractivity contribution in [2.75, 3.05) is 31.1 Å². The summed E-state index contributed by atoms with van der Waals surface area (Å²) < 4.78 is 13.2. The molecule has 2 aliphatic rings. The van der Waals surface area contributed by atoms with Crippen LogP contribution in [0.25, 0.3) is 0 Å². The molecule has 25 heavy (non-hydrogen) atoms. The van der Waals surface area contributed by atoms with E-state index in [1.165, 1.54) is 12.1 Å². The fourth-order valence-electron chi connectivity index (χ4n) is 3.87. The molecular formula is C19H21FN4O. The molecule has 130 valence electrons. The molecule has 0 unspecified atom stereocenters. The van der Waals surface area contributed by atoms with Gasteiger partial charge in [-0.1, -0.05) is 18.6 Å². The Morgan fingerprint density at radius 3 is 2.28 bits per heavy atom. The number of nitrogens with zero attached hydrogens (tertiary/aromatic N) is 4. The summed E-state index contributed by atoms with van der Waals surface area (Å²) >= 11 is 0. The zero-order valence-electron chi connectivity index (χ0n) is 14.1. The number of halogens is 1. The number of aromatic nitrogens is 2. The van der Waals surface area contributed by atoms with E-state index in [4.69, 9.17) is 0 Å². The van der Waals surface area contributed by atoms with E-state index in [-0.39, 0.29) is 11.7 Å². The van der Waals surface area contributed by atoms with E-state index in [2.05, 4.69) is 15.1 Å². The Balaban J connectivity index is 1.47. The van der Waals surface area contributed by atoms with Crippen LogP contribution in [0.15, 0.2) is 42.7 Å². The maximum Gasteiger partial charge on any atom is 0.233 e. The van der Waals surface area contributed by atoms with Gasteiger partial charge < -0.3 is 9.80 Å². The minimum Gasteiger partial charge on any atom is -0.367 e. The van der Waals surface area contributed by atoms with Gasteiger partial charge in [0.25, 0.3) is 0 Å². The normalized spacial score (nSPS) is 19.4. The summed E-state index contributed by atoms with van der Waals surface area (Å²) in [5, 5.41) is 7.73. The Hall–Kier alpha value is -2.50. The van der Waals surface area contributed by atoms with Crippen LogP contribution >= 0.6 is 0 Å². The van der Waals surface area contributed by atoms with E-state index in [1.807, 2.05) is 11.0 Å². The summed E-state index contributed by atoms with van der Waals surface area (Å²) in [6, 6.07) is 8.39. The van der Waals surface area contributed by atoms with Crippen LogP contribution in [0.1, 0.15) is 24.8 Å². The van der Waals surface area contributed by atoms with E-state index in [0.29, 0.717) is 13.1 Å². The summed E-state index contributed by atoms with van der Waals surface area (Å²) in [6.07, 6.45) is 6.19. The maximum atomic E-state index is 13.2. The summed E-state index contributed by atoms with van der Waals surface area (Å²) in [5.74, 6) is -0.0666. The van der Waals surface area contributed by atoms with Crippen molar-refractivity contribution >= 4 is 11.6 Å². The summed E-state index contributed by atoms with van der Waals surface area (Å²) in [4.78, 5) is 17.4. The molecule has 1 saturated heterocycles. The van der Waals surface area contributed by atoms with E-state index < -0.39 is 5.41 Å². The number of carbonyl (C=O) groups excluding carboxylic acids is 1. The van der Waals surface area contributed by atoms with Gasteiger partial charge in [-0.2, -0.15) is 10.2 Å². The highest BCUT2D eigenvalue weighted by Crippen LogP contribution is 2.45. The van der Waals surface area contributed by atoms with Crippen molar-refractivity contribution in [2.45, 2.75) is 24.7 Å². The van der Waals surface area contributed by atoms with E-state index in [0.717, 1.165) is 43.6 Å². The minimum atomic E-state index is -0.450. The Morgan fingerprint density at radius 1 is 1.00 bits per heavy atom. The highest BCUT2D eigenvalue weighted by molar-refractivity contribution is 5.89. The molecule has 0 atom stereocenters. The number of anilines is 1. The third kappa shape index (κ3) is 2.86. The maximum absolute atomic E-state index is 13.2. The first-order valence-electron chi connectivity index (χ1n) is 8.76. The van der Waals surface area contributed by atoms with Crippen LogP contribution in [-0.4, -0.2) is 47.2 Å². The third-order valence-electron chi connectivity index (χ3n) is 5.51. The smallest absolute Gasteiger partial charge is 0.233 e. The molecule has 0 spiro atoms. The molecular weight excluding hydrogens is 319 g/mol. The molecule has 2 fully saturated rings. The van der Waals surface area contributed by atoms with Crippen molar-refractivity contribution in [3.8, 4) is 0 Å². The predicted octanol–water partition coefficient (Wildman–Crippen LogP) is 2.39. The van der Waals surface area contributed by atoms with Gasteiger partial charge in [-0.15, -0.1) is 0 Å². The number of carbonyl (C=O) groups is 1. The second kappa shape index (κ2) is 6.43. The van der Waals surface area contributed by atoms with Crippen molar-refractivity contribution in [1.29, 1.82) is 0 Å². The lowest BCUT2D eigenvalue weighted by molar-refractivity contribution is -0.141. The van der Waals surface area contributed by atoms with E-state index in [1.54, 1.807) is 24.5 Å². The molecule has 1 aliphatic heterocycles. The Kier molecular flexibility index (Phi) is 4.11. The van der Waals surface area contributed by atoms with Crippen LogP contribution in [0.4, 0.5) is 10.1 Å². The molecule has 5 nitrogen and oxygen atoms in total. The number of hydrogen-bond acceptors (Lipinski definition) is 4. The highest BCUT2D eigenvalue weighted by atomic mass is 19.1. The second-order valence-electron chi connectivity index (χ2n) is 6.82. The number of benzene rings is 1. The van der Waals surface area contributed by atoms with Gasteiger partial charge in [0.05, 0.1) is 23.5 Å². The van der Waals surface area contributed by atoms with Gasteiger partial charge >= 0.3 is 0 Å². The van der Waals surface area contributed by atoms with Gasteiger partial charge in [-0.3, -0.25) is 4.79 Å². The third-order valence-corrected chi connectivity index (χ3v) is 5.51. The molecule has 0 bridgehead atoms. The Morgan fingerprint density at radius 2 is 1.72 bits per heavy atom. The van der Waals surface area contributed by atoms with Gasteiger partial charge in [0.1, 0.15) is 5.82 Å². The first kappa shape index (κ1) is 16.0. The quantitative estimate of drug-likeness (QED) is 0.861. The number of hydrogen-bond donors (Lipinski definition) is 0. The average molecular weight is 340 g/mol. The molecule has 1 saturated carbocycles. The second-order valence-corrected chi connectivity index (χ2v) is 6.82. The van der Waals surface area contributed by atoms with Crippen LogP contribution < -0.4 is 4.90 Å². The minimum absolute atomic E-state index is 0.192. The lowest BCUT2D eigenvalue weighted by Gasteiger charge is -2.46. The lowest BCUT2D eigenvalue weighted by atomic mass is 9.63. The SMILES string of the molecule is O=C(N1CCN(c2ccnnc2)CC1)C1(c2ccc(F)cc2)CCC1. The molecule has 6 heteroatoms. The van der Waals surface area contributed by atoms with Gasteiger partial charge in [0.2, 0.25) is 5.91 Å².